The summed E-state index contributed by atoms with van der Waals surface area (Å²) in [5.74, 6) is -2.28. The third kappa shape index (κ3) is 5.16. The van der Waals surface area contributed by atoms with Crippen LogP contribution in [0.25, 0.3) is 0 Å². The number of carbonyl (C=O) groups is 3. The first-order valence-corrected chi connectivity index (χ1v) is 11.3. The fraction of sp³-hybridized carbons (Fsp3) is 0.417. The van der Waals surface area contributed by atoms with Crippen molar-refractivity contribution in [1.82, 2.24) is 9.88 Å². The molecular formula is C24H26F2N4O4. The molecule has 10 heteroatoms. The Morgan fingerprint density at radius 2 is 1.85 bits per heavy atom. The van der Waals surface area contributed by atoms with Gasteiger partial charge in [0.1, 0.15) is 17.5 Å². The van der Waals surface area contributed by atoms with Gasteiger partial charge in [0.05, 0.1) is 18.1 Å². The predicted octanol–water partition coefficient (Wildman–Crippen LogP) is 2.63. The van der Waals surface area contributed by atoms with E-state index < -0.39 is 23.5 Å². The lowest BCUT2D eigenvalue weighted by Gasteiger charge is -2.25. The zero-order chi connectivity index (χ0) is 24.2. The molecular weight excluding hydrogens is 446 g/mol. The second-order valence-corrected chi connectivity index (χ2v) is 8.32. The molecule has 34 heavy (non-hydrogen) atoms. The minimum absolute atomic E-state index is 0.00799. The quantitative estimate of drug-likeness (QED) is 0.623. The summed E-state index contributed by atoms with van der Waals surface area (Å²) in [5, 5.41) is 0. The first-order valence-electron chi connectivity index (χ1n) is 11.3. The molecule has 1 aromatic carbocycles. The molecule has 180 valence electrons. The Morgan fingerprint density at radius 3 is 2.53 bits per heavy atom. The number of hydrogen-bond donors (Lipinski definition) is 0. The molecule has 0 bridgehead atoms. The Bertz CT molecular complexity index is 1060. The van der Waals surface area contributed by atoms with Gasteiger partial charge in [-0.1, -0.05) is 0 Å². The van der Waals surface area contributed by atoms with E-state index in [4.69, 9.17) is 4.74 Å². The van der Waals surface area contributed by atoms with Crippen molar-refractivity contribution in [3.63, 3.8) is 0 Å². The van der Waals surface area contributed by atoms with E-state index >= 15 is 0 Å². The van der Waals surface area contributed by atoms with E-state index in [1.165, 1.54) is 11.1 Å². The maximum atomic E-state index is 13.6. The Morgan fingerprint density at radius 1 is 1.09 bits per heavy atom. The van der Waals surface area contributed by atoms with Crippen molar-refractivity contribution in [2.24, 2.45) is 5.92 Å². The van der Waals surface area contributed by atoms with Crippen LogP contribution in [0.1, 0.15) is 30.1 Å². The summed E-state index contributed by atoms with van der Waals surface area (Å²) in [6, 6.07) is 6.36. The van der Waals surface area contributed by atoms with Crippen LogP contribution < -0.4 is 9.80 Å². The van der Waals surface area contributed by atoms with Crippen LogP contribution in [0, 0.1) is 17.6 Å². The highest BCUT2D eigenvalue weighted by Gasteiger charge is 2.38. The molecule has 1 unspecified atom stereocenters. The van der Waals surface area contributed by atoms with Gasteiger partial charge < -0.3 is 19.4 Å². The van der Waals surface area contributed by atoms with Crippen LogP contribution in [-0.4, -0.2) is 67.0 Å². The largest absolute Gasteiger partial charge is 0.462 e. The van der Waals surface area contributed by atoms with Crippen LogP contribution >= 0.6 is 0 Å². The standard InChI is InChI=1S/C24H26F2N4O4/c1-2-34-24(33)16-4-5-21(27-14-16)28-6-3-7-29(9-8-28)23(32)17-10-22(31)30(15-17)20-12-18(25)11-19(26)13-20/h4-5,11-14,17H,2-3,6-10,15H2,1H3. The highest BCUT2D eigenvalue weighted by Crippen LogP contribution is 2.28. The number of halogens is 2. The van der Waals surface area contributed by atoms with E-state index in [1.54, 1.807) is 24.0 Å². The number of nitrogens with zero attached hydrogens (tertiary/aromatic N) is 4. The number of aromatic nitrogens is 1. The zero-order valence-corrected chi connectivity index (χ0v) is 18.9. The highest BCUT2D eigenvalue weighted by molar-refractivity contribution is 6.00. The molecule has 0 spiro atoms. The first-order chi connectivity index (χ1) is 16.4. The predicted molar refractivity (Wildman–Crippen MR) is 120 cm³/mol. The smallest absolute Gasteiger partial charge is 0.339 e. The normalized spacial score (nSPS) is 18.7. The van der Waals surface area contributed by atoms with Crippen LogP contribution in [-0.2, 0) is 14.3 Å². The van der Waals surface area contributed by atoms with Gasteiger partial charge in [-0.15, -0.1) is 0 Å². The Balaban J connectivity index is 1.37. The van der Waals surface area contributed by atoms with Crippen molar-refractivity contribution in [2.75, 3.05) is 49.1 Å². The summed E-state index contributed by atoms with van der Waals surface area (Å²) in [6.07, 6.45) is 2.20. The summed E-state index contributed by atoms with van der Waals surface area (Å²) < 4.78 is 32.2. The van der Waals surface area contributed by atoms with Crippen LogP contribution in [0.15, 0.2) is 36.5 Å². The molecule has 2 amide bonds. The highest BCUT2D eigenvalue weighted by atomic mass is 19.1. The molecule has 2 aliphatic rings. The second kappa shape index (κ2) is 10.1. The van der Waals surface area contributed by atoms with Gasteiger partial charge in [-0.2, -0.15) is 0 Å². The van der Waals surface area contributed by atoms with E-state index in [0.29, 0.717) is 50.6 Å². The minimum atomic E-state index is -0.769. The maximum absolute atomic E-state index is 13.6. The van der Waals surface area contributed by atoms with Gasteiger partial charge in [-0.3, -0.25) is 9.59 Å². The van der Waals surface area contributed by atoms with E-state index in [0.717, 1.165) is 18.2 Å². The summed E-state index contributed by atoms with van der Waals surface area (Å²) >= 11 is 0. The van der Waals surface area contributed by atoms with E-state index in [-0.39, 0.29) is 30.5 Å². The molecule has 3 heterocycles. The topological polar surface area (TPSA) is 83.0 Å². The van der Waals surface area contributed by atoms with Crippen molar-refractivity contribution >= 4 is 29.3 Å². The van der Waals surface area contributed by atoms with Crippen molar-refractivity contribution in [2.45, 2.75) is 19.8 Å². The lowest BCUT2D eigenvalue weighted by atomic mass is 10.1. The lowest BCUT2D eigenvalue weighted by molar-refractivity contribution is -0.135. The van der Waals surface area contributed by atoms with Gasteiger partial charge in [-0.05, 0) is 37.6 Å². The van der Waals surface area contributed by atoms with E-state index in [9.17, 15) is 23.2 Å². The number of carbonyl (C=O) groups excluding carboxylic acids is 3. The molecule has 0 saturated carbocycles. The molecule has 8 nitrogen and oxygen atoms in total. The van der Waals surface area contributed by atoms with Crippen LogP contribution in [0.4, 0.5) is 20.3 Å². The molecule has 4 rings (SSSR count). The van der Waals surface area contributed by atoms with Crippen LogP contribution in [0.3, 0.4) is 0 Å². The number of ether oxygens (including phenoxy) is 1. The summed E-state index contributed by atoms with van der Waals surface area (Å²) in [7, 11) is 0. The third-order valence-corrected chi connectivity index (χ3v) is 6.02. The Labute approximate surface area is 196 Å². The van der Waals surface area contributed by atoms with Crippen molar-refractivity contribution in [3.8, 4) is 0 Å². The van der Waals surface area contributed by atoms with Gasteiger partial charge in [-0.25, -0.2) is 18.6 Å². The molecule has 0 N–H and O–H groups in total. The van der Waals surface area contributed by atoms with Gasteiger partial charge in [0.25, 0.3) is 0 Å². The van der Waals surface area contributed by atoms with Crippen LogP contribution in [0.2, 0.25) is 0 Å². The zero-order valence-electron chi connectivity index (χ0n) is 18.9. The van der Waals surface area contributed by atoms with E-state index in [2.05, 4.69) is 4.98 Å². The maximum Gasteiger partial charge on any atom is 0.339 e. The third-order valence-electron chi connectivity index (χ3n) is 6.02. The number of benzene rings is 1. The van der Waals surface area contributed by atoms with Gasteiger partial charge in [0.15, 0.2) is 0 Å². The fourth-order valence-electron chi connectivity index (χ4n) is 4.35. The Hall–Kier alpha value is -3.56. The number of pyridine rings is 1. The summed E-state index contributed by atoms with van der Waals surface area (Å²) in [5.41, 5.74) is 0.503. The number of hydrogen-bond acceptors (Lipinski definition) is 6. The lowest BCUT2D eigenvalue weighted by Crippen LogP contribution is -2.40. The fourth-order valence-corrected chi connectivity index (χ4v) is 4.35. The van der Waals surface area contributed by atoms with Gasteiger partial charge >= 0.3 is 5.97 Å². The number of anilines is 2. The van der Waals surface area contributed by atoms with Gasteiger partial charge in [0.2, 0.25) is 11.8 Å². The molecule has 2 aromatic rings. The Kier molecular flexibility index (Phi) is 7.04. The molecule has 2 saturated heterocycles. The molecule has 0 radical (unpaired) electrons. The molecule has 2 fully saturated rings. The molecule has 1 aromatic heterocycles. The molecule has 2 aliphatic heterocycles. The van der Waals surface area contributed by atoms with E-state index in [1.807, 2.05) is 4.90 Å². The van der Waals surface area contributed by atoms with Crippen molar-refractivity contribution in [3.05, 3.63) is 53.7 Å². The SMILES string of the molecule is CCOC(=O)c1ccc(N2CCCN(C(=O)C3CC(=O)N(c4cc(F)cc(F)c4)C3)CC2)nc1. The molecule has 0 aliphatic carbocycles. The first kappa shape index (κ1) is 23.6. The number of esters is 1. The van der Waals surface area contributed by atoms with Gasteiger partial charge in [0, 0.05) is 57.1 Å². The van der Waals surface area contributed by atoms with Crippen molar-refractivity contribution in [1.29, 1.82) is 0 Å². The number of rotatable bonds is 5. The minimum Gasteiger partial charge on any atom is -0.462 e. The second-order valence-electron chi connectivity index (χ2n) is 8.32. The van der Waals surface area contributed by atoms with Crippen LogP contribution in [0.5, 0.6) is 0 Å². The summed E-state index contributed by atoms with van der Waals surface area (Å²) in [6.45, 7) is 4.36. The average Bonchev–Trinajstić information content (AvgIpc) is 3.04. The molecule has 1 atom stereocenters. The summed E-state index contributed by atoms with van der Waals surface area (Å²) in [4.78, 5) is 46.9. The monoisotopic (exact) mass is 472 g/mol. The van der Waals surface area contributed by atoms with Crippen molar-refractivity contribution < 1.29 is 27.9 Å². The number of amides is 2. The average molecular weight is 472 g/mol.